The lowest BCUT2D eigenvalue weighted by molar-refractivity contribution is -0.136. The van der Waals surface area contributed by atoms with Crippen LogP contribution in [0.25, 0.3) is 11.0 Å². The number of para-hydroxylation sites is 2. The predicted octanol–water partition coefficient (Wildman–Crippen LogP) is 3.83. The zero-order chi connectivity index (χ0) is 21.4. The second-order valence-corrected chi connectivity index (χ2v) is 9.03. The number of anilines is 2. The fraction of sp³-hybridized carbons (Fsp3) is 0.440. The zero-order valence-corrected chi connectivity index (χ0v) is 18.4. The van der Waals surface area contributed by atoms with Crippen LogP contribution >= 0.6 is 0 Å². The smallest absolute Gasteiger partial charge is 0.227 e. The van der Waals surface area contributed by atoms with Crippen molar-refractivity contribution < 1.29 is 4.79 Å². The highest BCUT2D eigenvalue weighted by atomic mass is 16.2. The minimum Gasteiger partial charge on any atom is -0.365 e. The Balaban J connectivity index is 1.25. The molecule has 1 N–H and O–H groups in total. The average Bonchev–Trinajstić information content (AvgIpc) is 3.23. The minimum atomic E-state index is 0.0414. The number of imidazole rings is 1. The Bertz CT molecular complexity index is 1040. The number of nitrogens with one attached hydrogen (secondary N) is 1. The van der Waals surface area contributed by atoms with Crippen LogP contribution in [0, 0.1) is 12.8 Å². The maximum atomic E-state index is 13.4. The Morgan fingerprint density at radius 2 is 1.94 bits per heavy atom. The highest BCUT2D eigenvalue weighted by Crippen LogP contribution is 2.27. The molecule has 2 fully saturated rings. The SMILES string of the molecule is Cc1cccc(N2CCN(C(=O)[C@H]3CCCN(c4nc5ccccc5[nH]4)C3)C[C@H]2C)c1. The van der Waals surface area contributed by atoms with E-state index in [1.54, 1.807) is 0 Å². The van der Waals surface area contributed by atoms with Gasteiger partial charge in [-0.05, 0) is 56.5 Å². The molecule has 2 atom stereocenters. The molecule has 3 aromatic rings. The Morgan fingerprint density at radius 1 is 1.06 bits per heavy atom. The number of piperazine rings is 1. The normalized spacial score (nSPS) is 22.2. The first kappa shape index (κ1) is 19.9. The number of hydrogen-bond donors (Lipinski definition) is 1. The van der Waals surface area contributed by atoms with Crippen LogP contribution in [0.1, 0.15) is 25.3 Å². The van der Waals surface area contributed by atoms with Crippen molar-refractivity contribution in [2.24, 2.45) is 5.92 Å². The summed E-state index contributed by atoms with van der Waals surface area (Å²) < 4.78 is 0. The number of carbonyl (C=O) groups is 1. The van der Waals surface area contributed by atoms with E-state index < -0.39 is 0 Å². The highest BCUT2D eigenvalue weighted by Gasteiger charge is 2.34. The van der Waals surface area contributed by atoms with E-state index in [2.05, 4.69) is 57.8 Å². The van der Waals surface area contributed by atoms with Crippen molar-refractivity contribution in [3.05, 3.63) is 54.1 Å². The lowest BCUT2D eigenvalue weighted by Crippen LogP contribution is -2.56. The Labute approximate surface area is 183 Å². The minimum absolute atomic E-state index is 0.0414. The van der Waals surface area contributed by atoms with E-state index >= 15 is 0 Å². The largest absolute Gasteiger partial charge is 0.365 e. The summed E-state index contributed by atoms with van der Waals surface area (Å²) in [6.45, 7) is 8.50. The second-order valence-electron chi connectivity index (χ2n) is 9.03. The summed E-state index contributed by atoms with van der Waals surface area (Å²) in [5.74, 6) is 1.23. The number of amides is 1. The molecular weight excluding hydrogens is 386 g/mol. The number of hydrogen-bond acceptors (Lipinski definition) is 4. The first-order valence-electron chi connectivity index (χ1n) is 11.4. The molecule has 1 amide bonds. The lowest BCUT2D eigenvalue weighted by atomic mass is 9.96. The molecule has 6 nitrogen and oxygen atoms in total. The topological polar surface area (TPSA) is 55.5 Å². The number of aryl methyl sites for hydroxylation is 1. The fourth-order valence-corrected chi connectivity index (χ4v) is 5.07. The van der Waals surface area contributed by atoms with Crippen LogP contribution in [-0.4, -0.2) is 59.5 Å². The van der Waals surface area contributed by atoms with Crippen molar-refractivity contribution in [3.8, 4) is 0 Å². The third-order valence-corrected chi connectivity index (χ3v) is 6.72. The molecular formula is C25H31N5O. The Morgan fingerprint density at radius 3 is 2.74 bits per heavy atom. The van der Waals surface area contributed by atoms with E-state index in [1.165, 1.54) is 11.3 Å². The molecule has 162 valence electrons. The van der Waals surface area contributed by atoms with Crippen molar-refractivity contribution in [2.45, 2.75) is 32.7 Å². The maximum Gasteiger partial charge on any atom is 0.227 e. The Kier molecular flexibility index (Phi) is 5.30. The summed E-state index contributed by atoms with van der Waals surface area (Å²) in [5.41, 5.74) is 4.56. The van der Waals surface area contributed by atoms with Crippen LogP contribution in [0.4, 0.5) is 11.6 Å². The van der Waals surface area contributed by atoms with Gasteiger partial charge < -0.3 is 19.7 Å². The maximum absolute atomic E-state index is 13.4. The first-order chi connectivity index (χ1) is 15.1. The van der Waals surface area contributed by atoms with Crippen LogP contribution < -0.4 is 9.80 Å². The van der Waals surface area contributed by atoms with Crippen molar-refractivity contribution in [1.29, 1.82) is 0 Å². The van der Waals surface area contributed by atoms with Gasteiger partial charge in [0.1, 0.15) is 0 Å². The molecule has 0 unspecified atom stereocenters. The van der Waals surface area contributed by atoms with E-state index in [9.17, 15) is 4.79 Å². The molecule has 2 aromatic carbocycles. The molecule has 0 saturated carbocycles. The van der Waals surface area contributed by atoms with Gasteiger partial charge in [-0.15, -0.1) is 0 Å². The summed E-state index contributed by atoms with van der Waals surface area (Å²) >= 11 is 0. The van der Waals surface area contributed by atoms with Gasteiger partial charge in [0, 0.05) is 44.5 Å². The van der Waals surface area contributed by atoms with Gasteiger partial charge in [-0.2, -0.15) is 0 Å². The molecule has 3 heterocycles. The second kappa shape index (κ2) is 8.25. The van der Waals surface area contributed by atoms with Crippen LogP contribution in [0.5, 0.6) is 0 Å². The summed E-state index contributed by atoms with van der Waals surface area (Å²) in [6.07, 6.45) is 1.98. The molecule has 6 heteroatoms. The van der Waals surface area contributed by atoms with Gasteiger partial charge in [0.15, 0.2) is 0 Å². The molecule has 0 radical (unpaired) electrons. The van der Waals surface area contributed by atoms with Gasteiger partial charge >= 0.3 is 0 Å². The van der Waals surface area contributed by atoms with Gasteiger partial charge in [-0.25, -0.2) is 4.98 Å². The van der Waals surface area contributed by atoms with Crippen molar-refractivity contribution in [1.82, 2.24) is 14.9 Å². The van der Waals surface area contributed by atoms with E-state index in [1.807, 2.05) is 24.3 Å². The number of H-pyrrole nitrogens is 1. The van der Waals surface area contributed by atoms with Gasteiger partial charge in [-0.1, -0.05) is 24.3 Å². The highest BCUT2D eigenvalue weighted by molar-refractivity contribution is 5.81. The number of piperidine rings is 1. The van der Waals surface area contributed by atoms with E-state index in [4.69, 9.17) is 4.98 Å². The quantitative estimate of drug-likeness (QED) is 0.704. The van der Waals surface area contributed by atoms with Crippen LogP contribution in [0.3, 0.4) is 0 Å². The lowest BCUT2D eigenvalue weighted by Gasteiger charge is -2.43. The van der Waals surface area contributed by atoms with Gasteiger partial charge in [0.05, 0.1) is 17.0 Å². The van der Waals surface area contributed by atoms with Gasteiger partial charge in [-0.3, -0.25) is 4.79 Å². The molecule has 2 aliphatic rings. The van der Waals surface area contributed by atoms with Gasteiger partial charge in [0.25, 0.3) is 0 Å². The number of rotatable bonds is 3. The summed E-state index contributed by atoms with van der Waals surface area (Å²) in [6, 6.07) is 17.1. The molecule has 1 aromatic heterocycles. The van der Waals surface area contributed by atoms with E-state index in [-0.39, 0.29) is 5.92 Å². The molecule has 0 aliphatic carbocycles. The van der Waals surface area contributed by atoms with Gasteiger partial charge in [0.2, 0.25) is 11.9 Å². The number of aromatic amines is 1. The summed E-state index contributed by atoms with van der Waals surface area (Å²) in [4.78, 5) is 28.3. The Hall–Kier alpha value is -3.02. The monoisotopic (exact) mass is 417 g/mol. The van der Waals surface area contributed by atoms with E-state index in [0.717, 1.165) is 62.5 Å². The number of fused-ring (bicyclic) bond motifs is 1. The number of carbonyl (C=O) groups excluding carboxylic acids is 1. The van der Waals surface area contributed by atoms with Crippen LogP contribution in [0.2, 0.25) is 0 Å². The number of benzene rings is 2. The summed E-state index contributed by atoms with van der Waals surface area (Å²) in [7, 11) is 0. The fourth-order valence-electron chi connectivity index (χ4n) is 5.07. The first-order valence-corrected chi connectivity index (χ1v) is 11.4. The number of aromatic nitrogens is 2. The molecule has 5 rings (SSSR count). The standard InChI is InChI=1S/C25H31N5O/c1-18-7-5-9-21(15-18)30-14-13-28(16-19(30)2)24(31)20-8-6-12-29(17-20)25-26-22-10-3-4-11-23(22)27-25/h3-5,7,9-11,15,19-20H,6,8,12-14,16-17H2,1-2H3,(H,26,27)/t19-,20+/m1/s1. The summed E-state index contributed by atoms with van der Waals surface area (Å²) in [5, 5.41) is 0. The van der Waals surface area contributed by atoms with E-state index in [0.29, 0.717) is 11.9 Å². The zero-order valence-electron chi connectivity index (χ0n) is 18.4. The number of nitrogens with zero attached hydrogens (tertiary/aromatic N) is 4. The molecule has 2 saturated heterocycles. The van der Waals surface area contributed by atoms with Crippen LogP contribution in [-0.2, 0) is 4.79 Å². The molecule has 31 heavy (non-hydrogen) atoms. The van der Waals surface area contributed by atoms with Crippen molar-refractivity contribution in [3.63, 3.8) is 0 Å². The average molecular weight is 418 g/mol. The third kappa shape index (κ3) is 3.99. The third-order valence-electron chi connectivity index (χ3n) is 6.72. The molecule has 0 bridgehead atoms. The molecule has 2 aliphatic heterocycles. The predicted molar refractivity (Wildman–Crippen MR) is 126 cm³/mol. The van der Waals surface area contributed by atoms with Crippen molar-refractivity contribution in [2.75, 3.05) is 42.5 Å². The van der Waals surface area contributed by atoms with Crippen molar-refractivity contribution >= 4 is 28.6 Å². The molecule has 0 spiro atoms. The van der Waals surface area contributed by atoms with Crippen LogP contribution in [0.15, 0.2) is 48.5 Å².